The predicted molar refractivity (Wildman–Crippen MR) is 133 cm³/mol. The molecule has 0 atom stereocenters. The Morgan fingerprint density at radius 3 is 1.04 bits per heavy atom. The van der Waals surface area contributed by atoms with Crippen LogP contribution in [-0.2, 0) is 0 Å². The summed E-state index contributed by atoms with van der Waals surface area (Å²) in [5, 5.41) is 0. The van der Waals surface area contributed by atoms with Gasteiger partial charge in [0, 0.05) is 4.90 Å². The Bertz CT molecular complexity index is 276. The molecule has 1 rings (SSSR count). The highest BCUT2D eigenvalue weighted by molar-refractivity contribution is 7.77. The van der Waals surface area contributed by atoms with E-state index in [1.54, 1.807) is 50.3 Å². The van der Waals surface area contributed by atoms with Crippen LogP contribution in [0.3, 0.4) is 0 Å². The fourth-order valence-corrected chi connectivity index (χ4v) is 14.3. The van der Waals surface area contributed by atoms with Gasteiger partial charge in [0.1, 0.15) is 0 Å². The van der Waals surface area contributed by atoms with Gasteiger partial charge in [0.2, 0.25) is 0 Å². The molecule has 0 spiro atoms. The molecule has 0 heterocycles. The van der Waals surface area contributed by atoms with E-state index in [1.807, 2.05) is 0 Å². The summed E-state index contributed by atoms with van der Waals surface area (Å²) in [6.07, 6.45) is 30.5. The summed E-state index contributed by atoms with van der Waals surface area (Å²) in [5.74, 6) is 0. The summed E-state index contributed by atoms with van der Waals surface area (Å²) in [5.41, 5.74) is 0. The van der Waals surface area contributed by atoms with Crippen molar-refractivity contribution in [2.75, 3.05) is 24.6 Å². The van der Waals surface area contributed by atoms with Gasteiger partial charge in [-0.3, -0.25) is 0 Å². The molecule has 0 saturated heterocycles. The van der Waals surface area contributed by atoms with E-state index in [0.717, 1.165) is 4.90 Å². The molecular weight excluding hydrogens is 362 g/mol. The Labute approximate surface area is 175 Å². The van der Waals surface area contributed by atoms with Gasteiger partial charge in [0.15, 0.2) is 0 Å². The second kappa shape index (κ2) is 16.6. The summed E-state index contributed by atoms with van der Waals surface area (Å²) >= 11 is 0. The first-order chi connectivity index (χ1) is 13.2. The highest BCUT2D eigenvalue weighted by Gasteiger charge is 2.45. The zero-order valence-corrected chi connectivity index (χ0v) is 21.3. The minimum Gasteiger partial charge on any atom is -0.0959 e. The van der Waals surface area contributed by atoms with Crippen LogP contribution in [0.15, 0.2) is 0 Å². The molecule has 27 heavy (non-hydrogen) atoms. The molecule has 1 aliphatic rings. The number of hydrogen-bond acceptors (Lipinski definition) is 0. The monoisotopic (exact) mass is 414 g/mol. The van der Waals surface area contributed by atoms with Gasteiger partial charge in [0.25, 0.3) is 0 Å². The van der Waals surface area contributed by atoms with Crippen molar-refractivity contribution in [3.8, 4) is 0 Å². The number of rotatable bonds is 18. The van der Waals surface area contributed by atoms with Gasteiger partial charge in [0.05, 0.1) is 0 Å². The average Bonchev–Trinajstić information content (AvgIpc) is 3.17. The maximum absolute atomic E-state index is 2.38. The van der Waals surface area contributed by atoms with E-state index in [9.17, 15) is 0 Å². The van der Waals surface area contributed by atoms with Gasteiger partial charge in [-0.05, 0) is 63.2 Å². The lowest BCUT2D eigenvalue weighted by Crippen LogP contribution is -2.26. The molecule has 0 nitrogen and oxygen atoms in total. The average molecular weight is 415 g/mol. The molecule has 2 heteroatoms. The molecule has 1 aliphatic carbocycles. The van der Waals surface area contributed by atoms with E-state index < -0.39 is 0 Å². The van der Waals surface area contributed by atoms with E-state index in [0.29, 0.717) is 0 Å². The van der Waals surface area contributed by atoms with Gasteiger partial charge < -0.3 is 0 Å². The number of hydrogen-bond donors (Lipinski definition) is 0. The summed E-state index contributed by atoms with van der Waals surface area (Å²) in [6.45, 7) is 9.53. The van der Waals surface area contributed by atoms with Crippen molar-refractivity contribution in [2.24, 2.45) is 0 Å². The SMILES string of the molecule is CCCCCP(CCCCC)C1(P(CCCCC)CCCCC)CCCC1. The molecule has 1 saturated carbocycles. The van der Waals surface area contributed by atoms with E-state index >= 15 is 0 Å². The van der Waals surface area contributed by atoms with E-state index in [2.05, 4.69) is 27.7 Å². The van der Waals surface area contributed by atoms with E-state index in [1.165, 1.54) is 77.0 Å². The van der Waals surface area contributed by atoms with Crippen LogP contribution in [0.4, 0.5) is 0 Å². The Hall–Kier alpha value is 0.860. The van der Waals surface area contributed by atoms with Crippen molar-refractivity contribution in [3.63, 3.8) is 0 Å². The maximum Gasteiger partial charge on any atom is 0.0106 e. The Morgan fingerprint density at radius 2 is 0.778 bits per heavy atom. The molecule has 0 radical (unpaired) electrons. The maximum atomic E-state index is 2.38. The zero-order valence-electron chi connectivity index (χ0n) is 19.5. The van der Waals surface area contributed by atoms with Crippen molar-refractivity contribution in [3.05, 3.63) is 0 Å². The normalized spacial score (nSPS) is 16.7. The van der Waals surface area contributed by atoms with Gasteiger partial charge in [-0.25, -0.2) is 0 Å². The zero-order chi connectivity index (χ0) is 19.8. The highest BCUT2D eigenvalue weighted by Crippen LogP contribution is 2.74. The van der Waals surface area contributed by atoms with Crippen LogP contribution in [0, 0.1) is 0 Å². The number of unbranched alkanes of at least 4 members (excludes halogenated alkanes) is 8. The molecule has 0 unspecified atom stereocenters. The standard InChI is InChI=1S/C25H52P2/c1-5-9-15-21-26(22-16-10-6-2)25(19-13-14-20-25)27(23-17-11-7-3)24-18-12-8-4/h5-24H2,1-4H3. The highest BCUT2D eigenvalue weighted by atomic mass is 31.2. The van der Waals surface area contributed by atoms with E-state index in [4.69, 9.17) is 0 Å². The van der Waals surface area contributed by atoms with Crippen LogP contribution in [0.25, 0.3) is 0 Å². The second-order valence-electron chi connectivity index (χ2n) is 8.99. The Balaban J connectivity index is 2.90. The summed E-state index contributed by atoms with van der Waals surface area (Å²) in [4.78, 5) is 0.855. The lowest BCUT2D eigenvalue weighted by molar-refractivity contribution is 0.721. The first kappa shape index (κ1) is 25.9. The summed E-state index contributed by atoms with van der Waals surface area (Å²) < 4.78 is 0. The first-order valence-electron chi connectivity index (χ1n) is 12.7. The fourth-order valence-electron chi connectivity index (χ4n) is 5.04. The molecule has 0 amide bonds. The first-order valence-corrected chi connectivity index (χ1v) is 16.2. The quantitative estimate of drug-likeness (QED) is 0.155. The third-order valence-electron chi connectivity index (χ3n) is 6.71. The Morgan fingerprint density at radius 1 is 0.481 bits per heavy atom. The van der Waals surface area contributed by atoms with Crippen molar-refractivity contribution >= 4 is 15.8 Å². The van der Waals surface area contributed by atoms with Crippen LogP contribution in [0.2, 0.25) is 0 Å². The lowest BCUT2D eigenvalue weighted by Gasteiger charge is -2.46. The van der Waals surface area contributed by atoms with Gasteiger partial charge in [-0.1, -0.05) is 108 Å². The third kappa shape index (κ3) is 9.47. The van der Waals surface area contributed by atoms with Crippen LogP contribution in [-0.4, -0.2) is 29.5 Å². The van der Waals surface area contributed by atoms with Gasteiger partial charge in [-0.2, -0.15) is 0 Å². The second-order valence-corrected chi connectivity index (χ2v) is 15.0. The molecule has 0 aromatic heterocycles. The minimum absolute atomic E-state index is 0.279. The largest absolute Gasteiger partial charge is 0.0959 e. The molecule has 0 aliphatic heterocycles. The minimum atomic E-state index is 0.279. The molecule has 1 fully saturated rings. The smallest absolute Gasteiger partial charge is 0.0106 e. The van der Waals surface area contributed by atoms with Crippen LogP contribution in [0.5, 0.6) is 0 Å². The molecular formula is C25H52P2. The molecule has 0 bridgehead atoms. The van der Waals surface area contributed by atoms with Crippen molar-refractivity contribution in [1.29, 1.82) is 0 Å². The van der Waals surface area contributed by atoms with Crippen LogP contribution < -0.4 is 0 Å². The fraction of sp³-hybridized carbons (Fsp3) is 1.00. The van der Waals surface area contributed by atoms with Gasteiger partial charge >= 0.3 is 0 Å². The molecule has 0 N–H and O–H groups in total. The third-order valence-corrected chi connectivity index (χ3v) is 15.1. The lowest BCUT2D eigenvalue weighted by atomic mass is 10.3. The van der Waals surface area contributed by atoms with Crippen molar-refractivity contribution in [1.82, 2.24) is 0 Å². The van der Waals surface area contributed by atoms with Crippen LogP contribution in [0.1, 0.15) is 130 Å². The topological polar surface area (TPSA) is 0 Å². The summed E-state index contributed by atoms with van der Waals surface area (Å²) in [6, 6.07) is 0. The van der Waals surface area contributed by atoms with E-state index in [-0.39, 0.29) is 15.8 Å². The predicted octanol–water partition coefficient (Wildman–Crippen LogP) is 9.98. The summed E-state index contributed by atoms with van der Waals surface area (Å²) in [7, 11) is 0.557. The van der Waals surface area contributed by atoms with Crippen molar-refractivity contribution < 1.29 is 0 Å². The van der Waals surface area contributed by atoms with Gasteiger partial charge in [-0.15, -0.1) is 0 Å². The Kier molecular flexibility index (Phi) is 16.0. The van der Waals surface area contributed by atoms with Crippen molar-refractivity contribution in [2.45, 2.75) is 135 Å². The molecule has 0 aromatic carbocycles. The molecule has 0 aromatic rings. The van der Waals surface area contributed by atoms with Crippen LogP contribution >= 0.6 is 15.8 Å². The molecule has 162 valence electrons.